The van der Waals surface area contributed by atoms with Gasteiger partial charge in [-0.25, -0.2) is 4.68 Å². The van der Waals surface area contributed by atoms with Gasteiger partial charge in [0.15, 0.2) is 0 Å². The van der Waals surface area contributed by atoms with Crippen LogP contribution in [0.5, 0.6) is 11.5 Å². The van der Waals surface area contributed by atoms with E-state index in [4.69, 9.17) is 9.47 Å². The minimum Gasteiger partial charge on any atom is -0.497 e. The van der Waals surface area contributed by atoms with Gasteiger partial charge in [-0.2, -0.15) is 5.10 Å². The fraction of sp³-hybridized carbons (Fsp3) is 0.292. The van der Waals surface area contributed by atoms with Crippen LogP contribution in [0, 0.1) is 6.92 Å². The number of benzene rings is 2. The number of aryl methyl sites for hydroxylation is 1. The summed E-state index contributed by atoms with van der Waals surface area (Å²) in [4.78, 5) is 26.1. The highest BCUT2D eigenvalue weighted by Crippen LogP contribution is 2.33. The second kappa shape index (κ2) is 9.00. The Kier molecular flexibility index (Phi) is 6.14. The number of thiophene rings is 1. The summed E-state index contributed by atoms with van der Waals surface area (Å²) in [6, 6.07) is 12.6. The predicted octanol–water partition coefficient (Wildman–Crippen LogP) is 3.86. The number of aromatic nitrogens is 2. The van der Waals surface area contributed by atoms with Crippen LogP contribution in [0.25, 0.3) is 20.2 Å². The molecule has 4 aromatic rings. The third-order valence-corrected chi connectivity index (χ3v) is 6.81. The fourth-order valence-electron chi connectivity index (χ4n) is 3.80. The first kappa shape index (κ1) is 21.8. The van der Waals surface area contributed by atoms with Crippen LogP contribution in [-0.4, -0.2) is 36.5 Å². The van der Waals surface area contributed by atoms with Crippen molar-refractivity contribution in [3.8, 4) is 11.5 Å². The fourth-order valence-corrected chi connectivity index (χ4v) is 4.93. The molecule has 2 aromatic heterocycles. The van der Waals surface area contributed by atoms with Crippen LogP contribution in [-0.2, 0) is 11.2 Å². The first-order chi connectivity index (χ1) is 15.4. The minimum atomic E-state index is -0.739. The predicted molar refractivity (Wildman–Crippen MR) is 127 cm³/mol. The molecule has 2 aromatic carbocycles. The topological polar surface area (TPSA) is 82.4 Å². The lowest BCUT2D eigenvalue weighted by atomic mass is 10.1. The molecular formula is C24H25N3O4S. The Morgan fingerprint density at radius 3 is 2.72 bits per heavy atom. The van der Waals surface area contributed by atoms with Gasteiger partial charge in [-0.1, -0.05) is 18.2 Å². The second-order valence-corrected chi connectivity index (χ2v) is 8.58. The van der Waals surface area contributed by atoms with Gasteiger partial charge >= 0.3 is 0 Å². The van der Waals surface area contributed by atoms with E-state index in [9.17, 15) is 9.59 Å². The van der Waals surface area contributed by atoms with E-state index < -0.39 is 6.04 Å². The maximum atomic E-state index is 13.2. The molecule has 4 rings (SSSR count). The quantitative estimate of drug-likeness (QED) is 0.461. The molecule has 1 atom stereocenters. The Morgan fingerprint density at radius 1 is 1.19 bits per heavy atom. The first-order valence-corrected chi connectivity index (χ1v) is 11.2. The van der Waals surface area contributed by atoms with Crippen LogP contribution in [0.3, 0.4) is 0 Å². The maximum Gasteiger partial charge on any atom is 0.276 e. The zero-order chi connectivity index (χ0) is 22.8. The first-order valence-electron chi connectivity index (χ1n) is 10.3. The standard InChI is InChI=1S/C24H25N3O4S/c1-14-22-21(18-7-5-6-8-20(18)32-22)24(29)27(26-14)15(2)23(28)25-12-11-16-13-17(30-3)9-10-19(16)31-4/h5-10,13,15H,11-12H2,1-4H3,(H,25,28)/t15-/m0/s1. The Hall–Kier alpha value is -3.39. The summed E-state index contributed by atoms with van der Waals surface area (Å²) in [6.45, 7) is 3.95. The van der Waals surface area contributed by atoms with Gasteiger partial charge in [0, 0.05) is 16.6 Å². The molecule has 2 heterocycles. The Labute approximate surface area is 189 Å². The van der Waals surface area contributed by atoms with Gasteiger partial charge < -0.3 is 14.8 Å². The van der Waals surface area contributed by atoms with Gasteiger partial charge in [-0.05, 0) is 50.1 Å². The maximum absolute atomic E-state index is 13.2. The SMILES string of the molecule is COc1ccc(OC)c(CCNC(=O)[C@H](C)n2nc(C)c3sc4ccccc4c3c2=O)c1. The van der Waals surface area contributed by atoms with E-state index >= 15 is 0 Å². The third kappa shape index (κ3) is 3.93. The molecule has 7 nitrogen and oxygen atoms in total. The van der Waals surface area contributed by atoms with E-state index in [0.29, 0.717) is 18.4 Å². The number of carbonyl (C=O) groups excluding carboxylic acids is 1. The molecule has 0 bridgehead atoms. The number of nitrogens with zero attached hydrogens (tertiary/aromatic N) is 2. The third-order valence-electron chi connectivity index (χ3n) is 5.53. The molecule has 1 N–H and O–H groups in total. The molecule has 32 heavy (non-hydrogen) atoms. The van der Waals surface area contributed by atoms with Gasteiger partial charge in [-0.15, -0.1) is 11.3 Å². The van der Waals surface area contributed by atoms with Crippen molar-refractivity contribution in [1.29, 1.82) is 0 Å². The Bertz CT molecular complexity index is 1360. The average molecular weight is 452 g/mol. The van der Waals surface area contributed by atoms with E-state index in [2.05, 4.69) is 10.4 Å². The van der Waals surface area contributed by atoms with Crippen molar-refractivity contribution in [2.75, 3.05) is 20.8 Å². The van der Waals surface area contributed by atoms with E-state index in [-0.39, 0.29) is 11.5 Å². The van der Waals surface area contributed by atoms with Crippen LogP contribution in [0.1, 0.15) is 24.2 Å². The summed E-state index contributed by atoms with van der Waals surface area (Å²) in [5.74, 6) is 1.19. The number of hydrogen-bond acceptors (Lipinski definition) is 6. The monoisotopic (exact) mass is 451 g/mol. The number of fused-ring (bicyclic) bond motifs is 3. The molecule has 166 valence electrons. The molecule has 0 saturated carbocycles. The molecule has 0 aliphatic rings. The Balaban J connectivity index is 1.55. The van der Waals surface area contributed by atoms with Crippen LogP contribution >= 0.6 is 11.3 Å². The number of ether oxygens (including phenoxy) is 2. The zero-order valence-electron chi connectivity index (χ0n) is 18.5. The van der Waals surface area contributed by atoms with E-state index in [1.54, 1.807) is 32.5 Å². The van der Waals surface area contributed by atoms with Crippen LogP contribution < -0.4 is 20.3 Å². The molecular weight excluding hydrogens is 426 g/mol. The van der Waals surface area contributed by atoms with E-state index in [1.807, 2.05) is 49.4 Å². The highest BCUT2D eigenvalue weighted by Gasteiger charge is 2.21. The number of rotatable bonds is 7. The molecule has 1 amide bonds. The number of methoxy groups -OCH3 is 2. The smallest absolute Gasteiger partial charge is 0.276 e. The molecule has 0 fully saturated rings. The van der Waals surface area contributed by atoms with Crippen LogP contribution in [0.2, 0.25) is 0 Å². The van der Waals surface area contributed by atoms with Crippen LogP contribution in [0.15, 0.2) is 47.3 Å². The summed E-state index contributed by atoms with van der Waals surface area (Å²) in [6.07, 6.45) is 0.564. The summed E-state index contributed by atoms with van der Waals surface area (Å²) in [5, 5.41) is 8.88. The van der Waals surface area contributed by atoms with Crippen molar-refractivity contribution in [3.05, 3.63) is 64.1 Å². The van der Waals surface area contributed by atoms with Crippen molar-refractivity contribution >= 4 is 37.4 Å². The highest BCUT2D eigenvalue weighted by molar-refractivity contribution is 7.26. The number of amides is 1. The minimum absolute atomic E-state index is 0.250. The Morgan fingerprint density at radius 2 is 1.97 bits per heavy atom. The average Bonchev–Trinajstić information content (AvgIpc) is 3.21. The normalized spacial score (nSPS) is 12.1. The molecule has 0 radical (unpaired) electrons. The lowest BCUT2D eigenvalue weighted by Crippen LogP contribution is -2.38. The van der Waals surface area contributed by atoms with E-state index in [1.165, 1.54) is 4.68 Å². The van der Waals surface area contributed by atoms with Gasteiger partial charge in [0.1, 0.15) is 17.5 Å². The molecule has 8 heteroatoms. The van der Waals surface area contributed by atoms with Crippen molar-refractivity contribution < 1.29 is 14.3 Å². The number of nitrogens with one attached hydrogen (secondary N) is 1. The van der Waals surface area contributed by atoms with E-state index in [0.717, 1.165) is 37.5 Å². The summed E-state index contributed by atoms with van der Waals surface area (Å²) < 4.78 is 13.9. The number of carbonyl (C=O) groups is 1. The van der Waals surface area contributed by atoms with Gasteiger partial charge in [0.25, 0.3) is 5.56 Å². The summed E-state index contributed by atoms with van der Waals surface area (Å²) in [5.41, 5.74) is 1.42. The van der Waals surface area contributed by atoms with Crippen molar-refractivity contribution in [1.82, 2.24) is 15.1 Å². The largest absolute Gasteiger partial charge is 0.497 e. The summed E-state index contributed by atoms with van der Waals surface area (Å²) in [7, 11) is 3.21. The molecule has 0 aliphatic heterocycles. The van der Waals surface area contributed by atoms with Gasteiger partial charge in [-0.3, -0.25) is 9.59 Å². The lowest BCUT2D eigenvalue weighted by molar-refractivity contribution is -0.124. The van der Waals surface area contributed by atoms with Crippen molar-refractivity contribution in [2.45, 2.75) is 26.3 Å². The number of hydrogen-bond donors (Lipinski definition) is 1. The molecule has 0 unspecified atom stereocenters. The zero-order valence-corrected chi connectivity index (χ0v) is 19.3. The highest BCUT2D eigenvalue weighted by atomic mass is 32.1. The molecule has 0 spiro atoms. The van der Waals surface area contributed by atoms with Crippen LogP contribution in [0.4, 0.5) is 0 Å². The summed E-state index contributed by atoms with van der Waals surface area (Å²) >= 11 is 1.55. The van der Waals surface area contributed by atoms with Crippen molar-refractivity contribution in [2.24, 2.45) is 0 Å². The van der Waals surface area contributed by atoms with Gasteiger partial charge in [0.05, 0.1) is 30.0 Å². The molecule has 0 saturated heterocycles. The van der Waals surface area contributed by atoms with Crippen molar-refractivity contribution in [3.63, 3.8) is 0 Å². The second-order valence-electron chi connectivity index (χ2n) is 7.53. The lowest BCUT2D eigenvalue weighted by Gasteiger charge is -2.16. The van der Waals surface area contributed by atoms with Gasteiger partial charge in [0.2, 0.25) is 5.91 Å². The molecule has 0 aliphatic carbocycles.